The second kappa shape index (κ2) is 9.04. The molecule has 0 saturated heterocycles. The molecular weight excluding hydrogens is 176 g/mol. The number of allylic oxidation sites excluding steroid dienone is 2. The fraction of sp³-hybridized carbons (Fsp3) is 0.778. The summed E-state index contributed by atoms with van der Waals surface area (Å²) in [6.07, 6.45) is 6.91. The fourth-order valence-corrected chi connectivity index (χ4v) is 0.989. The zero-order valence-corrected chi connectivity index (χ0v) is 8.51. The van der Waals surface area contributed by atoms with Crippen LogP contribution in [-0.4, -0.2) is 26.4 Å². The van der Waals surface area contributed by atoms with Crippen molar-refractivity contribution in [3.05, 3.63) is 12.2 Å². The lowest BCUT2D eigenvalue weighted by molar-refractivity contribution is -0.105. The fourth-order valence-electron chi connectivity index (χ4n) is 0.863. The Morgan fingerprint density at radius 1 is 1.17 bits per heavy atom. The highest BCUT2D eigenvalue weighted by Crippen LogP contribution is 2.02. The van der Waals surface area contributed by atoms with E-state index in [1.165, 1.54) is 0 Å². The Balaban J connectivity index is 3.27. The highest BCUT2D eigenvalue weighted by molar-refractivity contribution is 6.17. The molecule has 0 N–H and O–H groups in total. The quantitative estimate of drug-likeness (QED) is 0.351. The third-order valence-corrected chi connectivity index (χ3v) is 1.76. The van der Waals surface area contributed by atoms with Crippen molar-refractivity contribution in [2.45, 2.75) is 25.6 Å². The highest BCUT2D eigenvalue weighted by Gasteiger charge is 2.01. The van der Waals surface area contributed by atoms with Crippen LogP contribution in [-0.2, 0) is 9.47 Å². The summed E-state index contributed by atoms with van der Waals surface area (Å²) in [4.78, 5) is 0. The summed E-state index contributed by atoms with van der Waals surface area (Å²) in [5, 5.41) is 0. The minimum absolute atomic E-state index is 0.0781. The lowest BCUT2D eigenvalue weighted by Gasteiger charge is -2.10. The third kappa shape index (κ3) is 6.65. The van der Waals surface area contributed by atoms with Crippen LogP contribution in [0.1, 0.15) is 19.3 Å². The van der Waals surface area contributed by atoms with Crippen LogP contribution in [0, 0.1) is 0 Å². The van der Waals surface area contributed by atoms with Gasteiger partial charge in [-0.05, 0) is 12.8 Å². The summed E-state index contributed by atoms with van der Waals surface area (Å²) in [5.74, 6) is 0.689. The van der Waals surface area contributed by atoms with Crippen molar-refractivity contribution in [1.82, 2.24) is 0 Å². The predicted molar refractivity (Wildman–Crippen MR) is 51.5 cm³/mol. The van der Waals surface area contributed by atoms with Gasteiger partial charge in [-0.25, -0.2) is 0 Å². The lowest BCUT2D eigenvalue weighted by Crippen LogP contribution is -2.11. The zero-order chi connectivity index (χ0) is 9.23. The van der Waals surface area contributed by atoms with Gasteiger partial charge >= 0.3 is 0 Å². The molecule has 0 aliphatic carbocycles. The van der Waals surface area contributed by atoms with Gasteiger partial charge in [0.15, 0.2) is 6.29 Å². The first-order valence-corrected chi connectivity index (χ1v) is 4.65. The number of hydrogen-bond donors (Lipinski definition) is 0. The van der Waals surface area contributed by atoms with Crippen molar-refractivity contribution in [2.75, 3.05) is 20.1 Å². The second-order valence-electron chi connectivity index (χ2n) is 2.43. The maximum atomic E-state index is 5.50. The molecule has 0 radical (unpaired) electrons. The number of halogens is 1. The molecule has 0 atom stereocenters. The minimum atomic E-state index is -0.0781. The van der Waals surface area contributed by atoms with E-state index in [1.54, 1.807) is 14.2 Å². The first kappa shape index (κ1) is 11.9. The van der Waals surface area contributed by atoms with Crippen LogP contribution in [0.3, 0.4) is 0 Å². The Morgan fingerprint density at radius 2 is 1.75 bits per heavy atom. The van der Waals surface area contributed by atoms with Gasteiger partial charge < -0.3 is 9.47 Å². The average molecular weight is 193 g/mol. The normalized spacial score (nSPS) is 11.7. The average Bonchev–Trinajstić information content (AvgIpc) is 2.11. The highest BCUT2D eigenvalue weighted by atomic mass is 35.5. The molecule has 0 aromatic carbocycles. The third-order valence-electron chi connectivity index (χ3n) is 1.54. The summed E-state index contributed by atoms with van der Waals surface area (Å²) < 4.78 is 10.0. The molecule has 3 heteroatoms. The number of hydrogen-bond acceptors (Lipinski definition) is 2. The first-order chi connectivity index (χ1) is 5.85. The van der Waals surface area contributed by atoms with Gasteiger partial charge in [0.25, 0.3) is 0 Å². The van der Waals surface area contributed by atoms with E-state index in [4.69, 9.17) is 21.1 Å². The van der Waals surface area contributed by atoms with Crippen molar-refractivity contribution in [3.8, 4) is 0 Å². The van der Waals surface area contributed by atoms with E-state index in [1.807, 2.05) is 0 Å². The van der Waals surface area contributed by atoms with Crippen molar-refractivity contribution >= 4 is 11.6 Å². The smallest absolute Gasteiger partial charge is 0.157 e. The molecule has 0 bridgehead atoms. The maximum Gasteiger partial charge on any atom is 0.157 e. The Kier molecular flexibility index (Phi) is 9.00. The lowest BCUT2D eigenvalue weighted by atomic mass is 10.2. The van der Waals surface area contributed by atoms with E-state index in [0.717, 1.165) is 19.3 Å². The maximum absolute atomic E-state index is 5.50. The Labute approximate surface area is 79.5 Å². The van der Waals surface area contributed by atoms with Gasteiger partial charge in [-0.1, -0.05) is 12.2 Å². The van der Waals surface area contributed by atoms with Gasteiger partial charge in [0.05, 0.1) is 0 Å². The van der Waals surface area contributed by atoms with Crippen LogP contribution in [0.5, 0.6) is 0 Å². The van der Waals surface area contributed by atoms with Crippen LogP contribution >= 0.6 is 11.6 Å². The van der Waals surface area contributed by atoms with Crippen molar-refractivity contribution in [2.24, 2.45) is 0 Å². The Bertz CT molecular complexity index is 111. The van der Waals surface area contributed by atoms with Crippen LogP contribution < -0.4 is 0 Å². The molecule has 0 aromatic heterocycles. The summed E-state index contributed by atoms with van der Waals surface area (Å²) >= 11 is 5.50. The molecule has 72 valence electrons. The Hall–Kier alpha value is -0.0500. The van der Waals surface area contributed by atoms with E-state index in [0.29, 0.717) is 5.88 Å². The second-order valence-corrected chi connectivity index (χ2v) is 2.81. The minimum Gasteiger partial charge on any atom is -0.356 e. The van der Waals surface area contributed by atoms with Gasteiger partial charge in [0.2, 0.25) is 0 Å². The molecule has 0 aliphatic heterocycles. The SMILES string of the molecule is COC(CC/C=C\CCCl)OC. The largest absolute Gasteiger partial charge is 0.356 e. The predicted octanol–water partition coefficient (Wildman–Crippen LogP) is 2.57. The molecular formula is C9H17ClO2. The molecule has 0 aliphatic rings. The monoisotopic (exact) mass is 192 g/mol. The van der Waals surface area contributed by atoms with Crippen molar-refractivity contribution in [1.29, 1.82) is 0 Å². The van der Waals surface area contributed by atoms with Gasteiger partial charge in [0.1, 0.15) is 0 Å². The van der Waals surface area contributed by atoms with Crippen LogP contribution in [0.15, 0.2) is 12.2 Å². The van der Waals surface area contributed by atoms with Gasteiger partial charge in [-0.15, -0.1) is 11.6 Å². The zero-order valence-electron chi connectivity index (χ0n) is 7.75. The summed E-state index contributed by atoms with van der Waals surface area (Å²) in [6, 6.07) is 0. The van der Waals surface area contributed by atoms with E-state index in [2.05, 4.69) is 12.2 Å². The standard InChI is InChI=1S/C9H17ClO2/c1-11-9(12-2)7-5-3-4-6-8-10/h3-4,9H,5-8H2,1-2H3/b4-3-. The molecule has 0 heterocycles. The molecule has 2 nitrogen and oxygen atoms in total. The molecule has 0 saturated carbocycles. The summed E-state index contributed by atoms with van der Waals surface area (Å²) in [6.45, 7) is 0. The van der Waals surface area contributed by atoms with Crippen LogP contribution in [0.4, 0.5) is 0 Å². The van der Waals surface area contributed by atoms with E-state index in [-0.39, 0.29) is 6.29 Å². The van der Waals surface area contributed by atoms with E-state index in [9.17, 15) is 0 Å². The number of alkyl halides is 1. The number of methoxy groups -OCH3 is 2. The molecule has 0 rings (SSSR count). The first-order valence-electron chi connectivity index (χ1n) is 4.11. The van der Waals surface area contributed by atoms with Gasteiger partial charge in [-0.2, -0.15) is 0 Å². The molecule has 0 amide bonds. The topological polar surface area (TPSA) is 18.5 Å². The molecule has 0 aromatic rings. The van der Waals surface area contributed by atoms with Crippen LogP contribution in [0.25, 0.3) is 0 Å². The van der Waals surface area contributed by atoms with Gasteiger partial charge in [0, 0.05) is 26.5 Å². The van der Waals surface area contributed by atoms with E-state index < -0.39 is 0 Å². The summed E-state index contributed by atoms with van der Waals surface area (Å²) in [5.41, 5.74) is 0. The number of ether oxygens (including phenoxy) is 2. The Morgan fingerprint density at radius 3 is 2.25 bits per heavy atom. The molecule has 12 heavy (non-hydrogen) atoms. The van der Waals surface area contributed by atoms with E-state index >= 15 is 0 Å². The number of rotatable bonds is 7. The summed E-state index contributed by atoms with van der Waals surface area (Å²) in [7, 11) is 3.30. The van der Waals surface area contributed by atoms with Gasteiger partial charge in [-0.3, -0.25) is 0 Å². The molecule has 0 spiro atoms. The van der Waals surface area contributed by atoms with Crippen molar-refractivity contribution < 1.29 is 9.47 Å². The van der Waals surface area contributed by atoms with Crippen molar-refractivity contribution in [3.63, 3.8) is 0 Å². The molecule has 0 fully saturated rings. The molecule has 0 unspecified atom stereocenters. The van der Waals surface area contributed by atoms with Crippen LogP contribution in [0.2, 0.25) is 0 Å².